The van der Waals surface area contributed by atoms with Gasteiger partial charge in [-0.15, -0.1) is 0 Å². The van der Waals surface area contributed by atoms with Crippen LogP contribution < -0.4 is 10.6 Å². The fraction of sp³-hybridized carbons (Fsp3) is 0.490. The van der Waals surface area contributed by atoms with Crippen molar-refractivity contribution in [3.05, 3.63) is 84.7 Å². The Hall–Kier alpha value is -6.26. The zero-order valence-corrected chi connectivity index (χ0v) is 38.1. The van der Waals surface area contributed by atoms with Gasteiger partial charge in [-0.3, -0.25) is 9.59 Å². The molecule has 6 heterocycles. The summed E-state index contributed by atoms with van der Waals surface area (Å²) in [6.45, 7) is 4.45. The van der Waals surface area contributed by atoms with E-state index in [1.807, 2.05) is 22.2 Å². The van der Waals surface area contributed by atoms with Gasteiger partial charge in [0.15, 0.2) is 0 Å². The molecule has 9 atom stereocenters. The Balaban J connectivity index is 0.772. The number of alkyl carbamates (subject to hydrolysis) is 2. The van der Waals surface area contributed by atoms with Gasteiger partial charge in [-0.05, 0) is 114 Å². The molecule has 67 heavy (non-hydrogen) atoms. The molecule has 6 aliphatic rings. The molecule has 350 valence electrons. The van der Waals surface area contributed by atoms with Crippen LogP contribution in [0.5, 0.6) is 0 Å². The molecule has 0 radical (unpaired) electrons. The minimum Gasteiger partial charge on any atom is -0.453 e. The summed E-state index contributed by atoms with van der Waals surface area (Å²) in [6, 6.07) is 19.8. The molecule has 4 N–H and O–H groups in total. The lowest BCUT2D eigenvalue weighted by molar-refractivity contribution is -0.139. The van der Waals surface area contributed by atoms with Gasteiger partial charge in [0.05, 0.1) is 50.1 Å². The predicted octanol–water partition coefficient (Wildman–Crippen LogP) is 7.16. The van der Waals surface area contributed by atoms with Crippen molar-refractivity contribution in [3.8, 4) is 33.6 Å². The molecule has 3 unspecified atom stereocenters. The van der Waals surface area contributed by atoms with Crippen molar-refractivity contribution in [1.29, 1.82) is 0 Å². The van der Waals surface area contributed by atoms with E-state index in [2.05, 4.69) is 88.2 Å². The van der Waals surface area contributed by atoms with Crippen LogP contribution in [0.4, 0.5) is 9.59 Å². The van der Waals surface area contributed by atoms with Crippen LogP contribution in [0.2, 0.25) is 0 Å². The molecular weight excluding hydrogens is 853 g/mol. The summed E-state index contributed by atoms with van der Waals surface area (Å²) in [5.74, 6) is 2.55. The first-order chi connectivity index (χ1) is 32.7. The average Bonchev–Trinajstić information content (AvgIpc) is 3.83. The third-order valence-corrected chi connectivity index (χ3v) is 15.7. The summed E-state index contributed by atoms with van der Waals surface area (Å²) in [5, 5.41) is 7.94. The second kappa shape index (κ2) is 17.8. The quantitative estimate of drug-likeness (QED) is 0.106. The summed E-state index contributed by atoms with van der Waals surface area (Å²) in [5.41, 5.74) is 5.94. The van der Waals surface area contributed by atoms with Crippen LogP contribution >= 0.6 is 0 Å². The fourth-order valence-electron chi connectivity index (χ4n) is 11.8. The van der Waals surface area contributed by atoms with Crippen molar-refractivity contribution in [3.63, 3.8) is 0 Å². The average molecular weight is 911 g/mol. The number of H-pyrrole nitrogens is 2. The maximum Gasteiger partial charge on any atom is 0.407 e. The summed E-state index contributed by atoms with van der Waals surface area (Å²) in [7, 11) is 2.65. The van der Waals surface area contributed by atoms with E-state index in [0.717, 1.165) is 75.3 Å². The molecule has 6 fully saturated rings. The standard InChI is InChI=1S/C51H58N8O8/c1-27-37-24-42(59(45(27)37)49(61)44(57-51(63)65-3)31-14-18-67-19-15-31)47-53-26-39(55-47)35-11-10-33-20-32(8-9-34(33)21-35)28-4-6-29(7-5-28)38-25-52-46(54-38)41-23-36-22-40(36)58(41)48(60)43(56-50(62)64-2)30-12-16-66-17-13-30/h4-11,20-21,25-27,30-31,36-37,40-45H,12-19,22-24H2,1-3H3,(H,52,54)(H,53,55)(H,56,62)(H,57,63)/t27?,36-,37?,40-,41+,42+,43+,44+,45?/m1/s1. The van der Waals surface area contributed by atoms with Gasteiger partial charge in [-0.1, -0.05) is 55.5 Å². The Morgan fingerprint density at radius 2 is 1.13 bits per heavy atom. The van der Waals surface area contributed by atoms with Crippen molar-refractivity contribution in [2.45, 2.75) is 88.1 Å². The topological polar surface area (TPSA) is 193 Å². The van der Waals surface area contributed by atoms with Crippen molar-refractivity contribution in [2.24, 2.45) is 29.6 Å². The number of nitrogens with zero attached hydrogens (tertiary/aromatic N) is 4. The van der Waals surface area contributed by atoms with E-state index in [-0.39, 0.29) is 47.8 Å². The number of methoxy groups -OCH3 is 2. The van der Waals surface area contributed by atoms with Crippen molar-refractivity contribution in [2.75, 3.05) is 40.6 Å². The van der Waals surface area contributed by atoms with Gasteiger partial charge in [0.2, 0.25) is 11.8 Å². The maximum absolute atomic E-state index is 14.4. The molecule has 2 aromatic heterocycles. The molecule has 0 spiro atoms. The van der Waals surface area contributed by atoms with Gasteiger partial charge in [-0.25, -0.2) is 19.6 Å². The van der Waals surface area contributed by atoms with Gasteiger partial charge in [0.25, 0.3) is 0 Å². The van der Waals surface area contributed by atoms with Crippen molar-refractivity contribution < 1.29 is 38.1 Å². The number of rotatable bonds is 11. The molecule has 5 aromatic rings. The third-order valence-electron chi connectivity index (χ3n) is 15.7. The number of ether oxygens (including phenoxy) is 4. The lowest BCUT2D eigenvalue weighted by Crippen LogP contribution is -2.54. The molecule has 16 heteroatoms. The molecule has 2 aliphatic carbocycles. The highest BCUT2D eigenvalue weighted by Crippen LogP contribution is 2.58. The fourth-order valence-corrected chi connectivity index (χ4v) is 11.8. The SMILES string of the molecule is COC(=O)N[C@H](C(=O)N1C2C(C)C2C[C@H]1c1ncc(-c2ccc3cc(-c4ccc(-c5cnc([C@@H]6C[C@H]7C[C@H]7N6C(=O)[C@@H](NC(=O)OC)C6CCOCC6)[nH]5)cc4)ccc3c2)[nH]1)C1CCOCC1. The number of benzene rings is 3. The van der Waals surface area contributed by atoms with E-state index < -0.39 is 24.3 Å². The van der Waals surface area contributed by atoms with E-state index in [9.17, 15) is 19.2 Å². The Morgan fingerprint density at radius 3 is 1.72 bits per heavy atom. The number of carbonyl (C=O) groups excluding carboxylic acids is 4. The van der Waals surface area contributed by atoms with E-state index >= 15 is 0 Å². The molecule has 4 amide bonds. The Labute approximate surface area is 388 Å². The van der Waals surface area contributed by atoms with Gasteiger partial charge in [0, 0.05) is 44.1 Å². The van der Waals surface area contributed by atoms with Gasteiger partial charge >= 0.3 is 12.2 Å². The molecular formula is C51H58N8O8. The van der Waals surface area contributed by atoms with Gasteiger partial charge in [-0.2, -0.15) is 0 Å². The number of hydrogen-bond acceptors (Lipinski definition) is 10. The van der Waals surface area contributed by atoms with E-state index in [1.54, 1.807) is 0 Å². The molecule has 0 bridgehead atoms. The van der Waals surface area contributed by atoms with Crippen LogP contribution in [-0.2, 0) is 28.5 Å². The lowest BCUT2D eigenvalue weighted by atomic mass is 9.90. The lowest BCUT2D eigenvalue weighted by Gasteiger charge is -2.35. The molecule has 4 saturated heterocycles. The summed E-state index contributed by atoms with van der Waals surface area (Å²) >= 11 is 0. The number of hydrogen-bond donors (Lipinski definition) is 4. The van der Waals surface area contributed by atoms with Crippen molar-refractivity contribution >= 4 is 34.8 Å². The van der Waals surface area contributed by atoms with Crippen LogP contribution in [0.15, 0.2) is 73.1 Å². The number of imidazole rings is 2. The first kappa shape index (κ1) is 43.3. The molecule has 16 nitrogen and oxygen atoms in total. The summed E-state index contributed by atoms with van der Waals surface area (Å²) in [4.78, 5) is 74.2. The number of likely N-dealkylation sites (tertiary alicyclic amines) is 2. The van der Waals surface area contributed by atoms with Crippen LogP contribution in [0, 0.1) is 29.6 Å². The predicted molar refractivity (Wildman–Crippen MR) is 247 cm³/mol. The smallest absolute Gasteiger partial charge is 0.407 e. The molecule has 11 rings (SSSR count). The number of carbonyl (C=O) groups is 4. The van der Waals surface area contributed by atoms with Crippen LogP contribution in [0.1, 0.15) is 75.6 Å². The Kier molecular flexibility index (Phi) is 11.5. The minimum absolute atomic E-state index is 0.0218. The van der Waals surface area contributed by atoms with E-state index in [1.165, 1.54) is 14.2 Å². The second-order valence-corrected chi connectivity index (χ2v) is 19.4. The van der Waals surface area contributed by atoms with Crippen molar-refractivity contribution in [1.82, 2.24) is 40.4 Å². The number of fused-ring (bicyclic) bond motifs is 3. The number of aromatic amines is 2. The summed E-state index contributed by atoms with van der Waals surface area (Å²) in [6.07, 6.45) is 7.93. The summed E-state index contributed by atoms with van der Waals surface area (Å²) < 4.78 is 21.0. The maximum atomic E-state index is 14.4. The number of nitrogens with one attached hydrogen (secondary N) is 4. The van der Waals surface area contributed by atoms with Gasteiger partial charge < -0.3 is 49.3 Å². The number of piperidine rings is 2. The van der Waals surface area contributed by atoms with Gasteiger partial charge in [0.1, 0.15) is 23.7 Å². The highest BCUT2D eigenvalue weighted by molar-refractivity contribution is 5.91. The minimum atomic E-state index is -0.687. The first-order valence-electron chi connectivity index (χ1n) is 23.9. The number of aromatic nitrogens is 4. The first-order valence-corrected chi connectivity index (χ1v) is 23.9. The molecule has 4 aliphatic heterocycles. The van der Waals surface area contributed by atoms with Crippen LogP contribution in [-0.4, -0.2) is 119 Å². The largest absolute Gasteiger partial charge is 0.453 e. The Morgan fingerprint density at radius 1 is 0.642 bits per heavy atom. The third kappa shape index (κ3) is 8.21. The van der Waals surface area contributed by atoms with Crippen LogP contribution in [0.25, 0.3) is 44.4 Å². The molecule has 3 aromatic carbocycles. The monoisotopic (exact) mass is 910 g/mol. The zero-order chi connectivity index (χ0) is 45.9. The van der Waals surface area contributed by atoms with Crippen LogP contribution in [0.3, 0.4) is 0 Å². The second-order valence-electron chi connectivity index (χ2n) is 19.4. The highest BCUT2D eigenvalue weighted by Gasteiger charge is 2.62. The Bertz CT molecular complexity index is 2670. The van der Waals surface area contributed by atoms with E-state index in [4.69, 9.17) is 28.9 Å². The normalized spacial score (nSPS) is 26.6. The van der Waals surface area contributed by atoms with E-state index in [0.29, 0.717) is 69.9 Å². The number of amides is 4. The highest BCUT2D eigenvalue weighted by atomic mass is 16.5. The zero-order valence-electron chi connectivity index (χ0n) is 38.1. The molecule has 2 saturated carbocycles.